The number of nitrogens with zero attached hydrogens (tertiary/aromatic N) is 3. The third-order valence-corrected chi connectivity index (χ3v) is 4.17. The molecule has 1 aliphatic rings. The zero-order valence-electron chi connectivity index (χ0n) is 15.1. The quantitative estimate of drug-likeness (QED) is 0.469. The summed E-state index contributed by atoms with van der Waals surface area (Å²) in [6, 6.07) is 6.08. The van der Waals surface area contributed by atoms with E-state index in [9.17, 15) is 0 Å². The van der Waals surface area contributed by atoms with E-state index < -0.39 is 0 Å². The van der Waals surface area contributed by atoms with E-state index in [-0.39, 0.29) is 0 Å². The van der Waals surface area contributed by atoms with Gasteiger partial charge in [0.05, 0.1) is 18.3 Å². The maximum Gasteiger partial charge on any atom is 0.193 e. The van der Waals surface area contributed by atoms with Gasteiger partial charge in [-0.25, -0.2) is 0 Å². The normalized spacial score (nSPS) is 16.5. The summed E-state index contributed by atoms with van der Waals surface area (Å²) in [6.07, 6.45) is 3.39. The molecule has 0 aromatic carbocycles. The fourth-order valence-corrected chi connectivity index (χ4v) is 2.89. The Morgan fingerprint density at radius 2 is 2.12 bits per heavy atom. The molecule has 0 unspecified atom stereocenters. The van der Waals surface area contributed by atoms with Crippen LogP contribution in [0.15, 0.2) is 23.2 Å². The van der Waals surface area contributed by atoms with Gasteiger partial charge in [-0.05, 0) is 38.3 Å². The summed E-state index contributed by atoms with van der Waals surface area (Å²) < 4.78 is 11.0. The number of hydrogen-bond donors (Lipinski definition) is 1. The van der Waals surface area contributed by atoms with Gasteiger partial charge in [0.15, 0.2) is 5.96 Å². The molecule has 0 aliphatic carbocycles. The number of aliphatic imine (C=N–C) groups is 1. The van der Waals surface area contributed by atoms with Crippen molar-refractivity contribution in [3.8, 4) is 0 Å². The van der Waals surface area contributed by atoms with E-state index in [1.165, 1.54) is 0 Å². The molecule has 0 bridgehead atoms. The standard InChI is InChI=1S/C18H30N4O2/c1-15-6-4-7-16(21-15)14-20-18(19-2)22-10-8-17(9-11-22)24-13-5-12-23-3/h4,6-7,17H,5,8-14H2,1-3H3,(H,19,20). The van der Waals surface area contributed by atoms with Crippen LogP contribution in [-0.2, 0) is 16.0 Å². The summed E-state index contributed by atoms with van der Waals surface area (Å²) in [7, 11) is 3.56. The van der Waals surface area contributed by atoms with Crippen molar-refractivity contribution in [3.63, 3.8) is 0 Å². The third kappa shape index (κ3) is 6.09. The highest BCUT2D eigenvalue weighted by Crippen LogP contribution is 2.14. The Morgan fingerprint density at radius 1 is 1.33 bits per heavy atom. The lowest BCUT2D eigenvalue weighted by Crippen LogP contribution is -2.46. The number of aromatic nitrogens is 1. The number of likely N-dealkylation sites (tertiary alicyclic amines) is 1. The molecule has 1 saturated heterocycles. The molecule has 0 atom stereocenters. The van der Waals surface area contributed by atoms with Gasteiger partial charge in [-0.3, -0.25) is 9.98 Å². The van der Waals surface area contributed by atoms with Crippen LogP contribution in [0, 0.1) is 6.92 Å². The van der Waals surface area contributed by atoms with Gasteiger partial charge in [0.25, 0.3) is 0 Å². The molecule has 0 amide bonds. The molecule has 0 saturated carbocycles. The molecule has 1 fully saturated rings. The number of nitrogens with one attached hydrogen (secondary N) is 1. The van der Waals surface area contributed by atoms with E-state index in [0.29, 0.717) is 12.6 Å². The fourth-order valence-electron chi connectivity index (χ4n) is 2.89. The monoisotopic (exact) mass is 334 g/mol. The van der Waals surface area contributed by atoms with Crippen LogP contribution in [0.25, 0.3) is 0 Å². The highest BCUT2D eigenvalue weighted by Gasteiger charge is 2.21. The topological polar surface area (TPSA) is 59.0 Å². The lowest BCUT2D eigenvalue weighted by Gasteiger charge is -2.34. The second kappa shape index (κ2) is 10.3. The summed E-state index contributed by atoms with van der Waals surface area (Å²) in [4.78, 5) is 11.2. The first kappa shape index (κ1) is 18.7. The van der Waals surface area contributed by atoms with Crippen LogP contribution in [0.3, 0.4) is 0 Å². The molecule has 1 N–H and O–H groups in total. The number of pyridine rings is 1. The molecule has 6 heteroatoms. The van der Waals surface area contributed by atoms with Gasteiger partial charge in [-0.1, -0.05) is 6.07 Å². The van der Waals surface area contributed by atoms with Gasteiger partial charge in [0.1, 0.15) is 0 Å². The first-order chi connectivity index (χ1) is 11.7. The lowest BCUT2D eigenvalue weighted by molar-refractivity contribution is 0.00989. The second-order valence-corrected chi connectivity index (χ2v) is 6.07. The number of aryl methyl sites for hydroxylation is 1. The predicted octanol–water partition coefficient (Wildman–Crippen LogP) is 1.98. The van der Waals surface area contributed by atoms with Gasteiger partial charge in [-0.15, -0.1) is 0 Å². The molecule has 24 heavy (non-hydrogen) atoms. The van der Waals surface area contributed by atoms with Crippen molar-refractivity contribution in [2.24, 2.45) is 4.99 Å². The average Bonchev–Trinajstić information content (AvgIpc) is 2.60. The van der Waals surface area contributed by atoms with Crippen molar-refractivity contribution in [3.05, 3.63) is 29.6 Å². The molecule has 1 aliphatic heterocycles. The third-order valence-electron chi connectivity index (χ3n) is 4.17. The average molecular weight is 334 g/mol. The molecule has 1 aromatic rings. The molecular formula is C18H30N4O2. The number of methoxy groups -OCH3 is 1. The Kier molecular flexibility index (Phi) is 7.98. The van der Waals surface area contributed by atoms with E-state index in [4.69, 9.17) is 9.47 Å². The Bertz CT molecular complexity index is 513. The first-order valence-corrected chi connectivity index (χ1v) is 8.71. The van der Waals surface area contributed by atoms with Crippen LogP contribution in [-0.4, -0.2) is 62.4 Å². The van der Waals surface area contributed by atoms with Crippen molar-refractivity contribution in [2.75, 3.05) is 40.5 Å². The summed E-state index contributed by atoms with van der Waals surface area (Å²) in [6.45, 7) is 6.19. The predicted molar refractivity (Wildman–Crippen MR) is 96.2 cm³/mol. The van der Waals surface area contributed by atoms with Gasteiger partial charge in [0, 0.05) is 46.2 Å². The van der Waals surface area contributed by atoms with E-state index in [1.54, 1.807) is 7.11 Å². The van der Waals surface area contributed by atoms with Crippen molar-refractivity contribution < 1.29 is 9.47 Å². The molecule has 0 radical (unpaired) electrons. The van der Waals surface area contributed by atoms with Gasteiger partial charge < -0.3 is 19.7 Å². The highest BCUT2D eigenvalue weighted by atomic mass is 16.5. The van der Waals surface area contributed by atoms with Crippen LogP contribution >= 0.6 is 0 Å². The SMILES string of the molecule is CN=C(NCc1cccc(C)n1)N1CCC(OCCCOC)CC1. The molecule has 2 heterocycles. The molecule has 0 spiro atoms. The van der Waals surface area contributed by atoms with Crippen LogP contribution in [0.2, 0.25) is 0 Å². The summed E-state index contributed by atoms with van der Waals surface area (Å²) in [5.74, 6) is 0.941. The van der Waals surface area contributed by atoms with E-state index in [0.717, 1.165) is 62.9 Å². The first-order valence-electron chi connectivity index (χ1n) is 8.71. The fraction of sp³-hybridized carbons (Fsp3) is 0.667. The van der Waals surface area contributed by atoms with E-state index in [2.05, 4.69) is 20.2 Å². The Morgan fingerprint density at radius 3 is 2.79 bits per heavy atom. The summed E-state index contributed by atoms with van der Waals surface area (Å²) >= 11 is 0. The summed E-state index contributed by atoms with van der Waals surface area (Å²) in [5, 5.41) is 3.41. The van der Waals surface area contributed by atoms with Crippen LogP contribution in [0.5, 0.6) is 0 Å². The minimum atomic E-state index is 0.356. The largest absolute Gasteiger partial charge is 0.385 e. The molecule has 1 aromatic heterocycles. The van der Waals surface area contributed by atoms with Gasteiger partial charge in [0.2, 0.25) is 0 Å². The van der Waals surface area contributed by atoms with Crippen LogP contribution in [0.1, 0.15) is 30.7 Å². The smallest absolute Gasteiger partial charge is 0.193 e. The minimum absolute atomic E-state index is 0.356. The second-order valence-electron chi connectivity index (χ2n) is 6.07. The zero-order valence-corrected chi connectivity index (χ0v) is 15.1. The highest BCUT2D eigenvalue weighted by molar-refractivity contribution is 5.79. The number of rotatable bonds is 7. The number of guanidine groups is 1. The van der Waals surface area contributed by atoms with Crippen LogP contribution < -0.4 is 5.32 Å². The van der Waals surface area contributed by atoms with Crippen molar-refractivity contribution in [1.29, 1.82) is 0 Å². The zero-order chi connectivity index (χ0) is 17.2. The number of ether oxygens (including phenoxy) is 2. The molecule has 6 nitrogen and oxygen atoms in total. The van der Waals surface area contributed by atoms with Crippen molar-refractivity contribution in [2.45, 2.75) is 38.8 Å². The number of piperidine rings is 1. The van der Waals surface area contributed by atoms with Crippen molar-refractivity contribution in [1.82, 2.24) is 15.2 Å². The number of hydrogen-bond acceptors (Lipinski definition) is 4. The summed E-state index contributed by atoms with van der Waals surface area (Å²) in [5.41, 5.74) is 2.07. The Labute approximate surface area is 145 Å². The maximum absolute atomic E-state index is 5.91. The minimum Gasteiger partial charge on any atom is -0.385 e. The molecular weight excluding hydrogens is 304 g/mol. The van der Waals surface area contributed by atoms with Crippen molar-refractivity contribution >= 4 is 5.96 Å². The lowest BCUT2D eigenvalue weighted by atomic mass is 10.1. The maximum atomic E-state index is 5.91. The molecule has 134 valence electrons. The van der Waals surface area contributed by atoms with Gasteiger partial charge in [-0.2, -0.15) is 0 Å². The van der Waals surface area contributed by atoms with E-state index >= 15 is 0 Å². The Hall–Kier alpha value is -1.66. The van der Waals surface area contributed by atoms with Crippen LogP contribution in [0.4, 0.5) is 0 Å². The Balaban J connectivity index is 1.73. The van der Waals surface area contributed by atoms with Gasteiger partial charge >= 0.3 is 0 Å². The van der Waals surface area contributed by atoms with E-state index in [1.807, 2.05) is 32.2 Å². The molecule has 2 rings (SSSR count).